The smallest absolute Gasteiger partial charge is 0.268 e. The number of amides is 1. The summed E-state index contributed by atoms with van der Waals surface area (Å²) in [6.45, 7) is 0.438. The predicted octanol–water partition coefficient (Wildman–Crippen LogP) is 1.89. The van der Waals surface area contributed by atoms with Crippen LogP contribution in [0.1, 0.15) is 10.4 Å². The standard InChI is InChI=1S/C15H15FN2O3/c16-11-4-3-5-12(10-11)20-8-9-21-14-7-2-1-6-13(14)15(19)18-17/h1-7,10H,8-9,17H2,(H,18,19). The van der Waals surface area contributed by atoms with Crippen molar-refractivity contribution < 1.29 is 18.7 Å². The highest BCUT2D eigenvalue weighted by Crippen LogP contribution is 2.17. The molecule has 2 aromatic carbocycles. The number of rotatable bonds is 6. The first kappa shape index (κ1) is 14.8. The molecule has 0 saturated carbocycles. The fourth-order valence-corrected chi connectivity index (χ4v) is 1.73. The van der Waals surface area contributed by atoms with Crippen molar-refractivity contribution in [1.29, 1.82) is 0 Å². The molecule has 21 heavy (non-hydrogen) atoms. The Morgan fingerprint density at radius 3 is 2.62 bits per heavy atom. The Hall–Kier alpha value is -2.60. The minimum Gasteiger partial charge on any atom is -0.490 e. The van der Waals surface area contributed by atoms with Crippen LogP contribution in [-0.4, -0.2) is 19.1 Å². The third kappa shape index (κ3) is 4.19. The molecule has 0 aromatic heterocycles. The molecular formula is C15H15FN2O3. The fourth-order valence-electron chi connectivity index (χ4n) is 1.73. The fraction of sp³-hybridized carbons (Fsp3) is 0.133. The number of halogens is 1. The number of carbonyl (C=O) groups excluding carboxylic acids is 1. The van der Waals surface area contributed by atoms with Crippen LogP contribution in [0.15, 0.2) is 48.5 Å². The van der Waals surface area contributed by atoms with Crippen LogP contribution in [0.25, 0.3) is 0 Å². The largest absolute Gasteiger partial charge is 0.490 e. The minimum absolute atomic E-state index is 0.214. The number of hydrazine groups is 1. The normalized spacial score (nSPS) is 10.0. The lowest BCUT2D eigenvalue weighted by Gasteiger charge is -2.11. The second-order valence-corrected chi connectivity index (χ2v) is 4.12. The van der Waals surface area contributed by atoms with Gasteiger partial charge in [-0.25, -0.2) is 10.2 Å². The molecule has 0 atom stereocenters. The van der Waals surface area contributed by atoms with Gasteiger partial charge < -0.3 is 9.47 Å². The average molecular weight is 290 g/mol. The molecule has 0 bridgehead atoms. The van der Waals surface area contributed by atoms with E-state index in [9.17, 15) is 9.18 Å². The van der Waals surface area contributed by atoms with Crippen LogP contribution < -0.4 is 20.7 Å². The average Bonchev–Trinajstić information content (AvgIpc) is 2.51. The van der Waals surface area contributed by atoms with Gasteiger partial charge in [-0.15, -0.1) is 0 Å². The van der Waals surface area contributed by atoms with Crippen molar-refractivity contribution in [2.45, 2.75) is 0 Å². The molecule has 6 heteroatoms. The number of nitrogens with two attached hydrogens (primary N) is 1. The lowest BCUT2D eigenvalue weighted by atomic mass is 10.2. The summed E-state index contributed by atoms with van der Waals surface area (Å²) in [7, 11) is 0. The van der Waals surface area contributed by atoms with Crippen LogP contribution in [0.4, 0.5) is 4.39 Å². The van der Waals surface area contributed by atoms with Gasteiger partial charge in [0.2, 0.25) is 0 Å². The maximum atomic E-state index is 13.0. The van der Waals surface area contributed by atoms with Crippen molar-refractivity contribution in [3.8, 4) is 11.5 Å². The molecule has 0 radical (unpaired) electrons. The van der Waals surface area contributed by atoms with Gasteiger partial charge in [0.15, 0.2) is 0 Å². The second kappa shape index (κ2) is 7.25. The zero-order chi connectivity index (χ0) is 15.1. The van der Waals surface area contributed by atoms with E-state index in [-0.39, 0.29) is 19.0 Å². The van der Waals surface area contributed by atoms with E-state index >= 15 is 0 Å². The van der Waals surface area contributed by atoms with Crippen LogP contribution >= 0.6 is 0 Å². The van der Waals surface area contributed by atoms with Gasteiger partial charge in [-0.2, -0.15) is 0 Å². The first-order valence-corrected chi connectivity index (χ1v) is 6.32. The van der Waals surface area contributed by atoms with Gasteiger partial charge in [0.05, 0.1) is 5.56 Å². The third-order valence-electron chi connectivity index (χ3n) is 2.67. The van der Waals surface area contributed by atoms with Crippen LogP contribution in [0.5, 0.6) is 11.5 Å². The molecule has 1 amide bonds. The highest BCUT2D eigenvalue weighted by atomic mass is 19.1. The summed E-state index contributed by atoms with van der Waals surface area (Å²) in [6, 6.07) is 12.6. The highest BCUT2D eigenvalue weighted by molar-refractivity contribution is 5.96. The number of nitrogens with one attached hydrogen (secondary N) is 1. The van der Waals surface area contributed by atoms with Crippen molar-refractivity contribution in [3.63, 3.8) is 0 Å². The zero-order valence-electron chi connectivity index (χ0n) is 11.2. The molecule has 3 N–H and O–H groups in total. The quantitative estimate of drug-likeness (QED) is 0.369. The summed E-state index contributed by atoms with van der Waals surface area (Å²) in [4.78, 5) is 11.5. The van der Waals surface area contributed by atoms with Crippen LogP contribution in [-0.2, 0) is 0 Å². The topological polar surface area (TPSA) is 73.6 Å². The monoisotopic (exact) mass is 290 g/mol. The molecular weight excluding hydrogens is 275 g/mol. The number of nitrogen functional groups attached to an aromatic ring is 1. The van der Waals surface area contributed by atoms with E-state index in [0.717, 1.165) is 0 Å². The molecule has 0 heterocycles. The molecule has 2 rings (SSSR count). The zero-order valence-corrected chi connectivity index (χ0v) is 11.2. The van der Waals surface area contributed by atoms with E-state index in [1.165, 1.54) is 12.1 Å². The van der Waals surface area contributed by atoms with Gasteiger partial charge in [-0.05, 0) is 24.3 Å². The SMILES string of the molecule is NNC(=O)c1ccccc1OCCOc1cccc(F)c1. The van der Waals surface area contributed by atoms with Gasteiger partial charge in [-0.1, -0.05) is 18.2 Å². The molecule has 0 fully saturated rings. The van der Waals surface area contributed by atoms with E-state index in [2.05, 4.69) is 5.43 Å². The van der Waals surface area contributed by atoms with Crippen LogP contribution in [0, 0.1) is 5.82 Å². The molecule has 110 valence electrons. The Morgan fingerprint density at radius 2 is 1.86 bits per heavy atom. The van der Waals surface area contributed by atoms with Crippen molar-refractivity contribution in [1.82, 2.24) is 5.43 Å². The maximum absolute atomic E-state index is 13.0. The number of hydrogen-bond donors (Lipinski definition) is 2. The summed E-state index contributed by atoms with van der Waals surface area (Å²) in [5, 5.41) is 0. The molecule has 0 unspecified atom stereocenters. The third-order valence-corrected chi connectivity index (χ3v) is 2.67. The van der Waals surface area contributed by atoms with E-state index in [1.807, 2.05) is 0 Å². The van der Waals surface area contributed by atoms with Crippen molar-refractivity contribution in [2.75, 3.05) is 13.2 Å². The van der Waals surface area contributed by atoms with E-state index in [1.54, 1.807) is 36.4 Å². The first-order valence-electron chi connectivity index (χ1n) is 6.32. The predicted molar refractivity (Wildman–Crippen MR) is 75.5 cm³/mol. The summed E-state index contributed by atoms with van der Waals surface area (Å²) in [5.74, 6) is 5.13. The highest BCUT2D eigenvalue weighted by Gasteiger charge is 2.10. The van der Waals surface area contributed by atoms with Gasteiger partial charge >= 0.3 is 0 Å². The maximum Gasteiger partial charge on any atom is 0.268 e. The Balaban J connectivity index is 1.88. The number of carbonyl (C=O) groups is 1. The Morgan fingerprint density at radius 1 is 1.10 bits per heavy atom. The lowest BCUT2D eigenvalue weighted by molar-refractivity contribution is 0.0948. The van der Waals surface area contributed by atoms with Crippen molar-refractivity contribution in [2.24, 2.45) is 5.84 Å². The van der Waals surface area contributed by atoms with Gasteiger partial charge in [0, 0.05) is 6.07 Å². The Bertz CT molecular complexity index is 619. The molecule has 0 aliphatic carbocycles. The van der Waals surface area contributed by atoms with Crippen molar-refractivity contribution >= 4 is 5.91 Å². The molecule has 0 aliphatic rings. The molecule has 2 aromatic rings. The van der Waals surface area contributed by atoms with Crippen molar-refractivity contribution in [3.05, 3.63) is 59.9 Å². The van der Waals surface area contributed by atoms with Crippen LogP contribution in [0.2, 0.25) is 0 Å². The van der Waals surface area contributed by atoms with Crippen LogP contribution in [0.3, 0.4) is 0 Å². The second-order valence-electron chi connectivity index (χ2n) is 4.12. The Kier molecular flexibility index (Phi) is 5.11. The lowest BCUT2D eigenvalue weighted by Crippen LogP contribution is -2.30. The number of benzene rings is 2. The summed E-state index contributed by atoms with van der Waals surface area (Å²) >= 11 is 0. The minimum atomic E-state index is -0.434. The first-order chi connectivity index (χ1) is 10.2. The van der Waals surface area contributed by atoms with E-state index < -0.39 is 5.91 Å². The number of hydrogen-bond acceptors (Lipinski definition) is 4. The molecule has 0 spiro atoms. The van der Waals surface area contributed by atoms with E-state index in [0.29, 0.717) is 17.1 Å². The molecule has 5 nitrogen and oxygen atoms in total. The number of ether oxygens (including phenoxy) is 2. The Labute approximate surface area is 121 Å². The molecule has 0 aliphatic heterocycles. The van der Waals surface area contributed by atoms with Gasteiger partial charge in [0.1, 0.15) is 30.5 Å². The van der Waals surface area contributed by atoms with Gasteiger partial charge in [-0.3, -0.25) is 10.2 Å². The molecule has 0 saturated heterocycles. The summed E-state index contributed by atoms with van der Waals surface area (Å²) < 4.78 is 23.8. The van der Waals surface area contributed by atoms with E-state index in [4.69, 9.17) is 15.3 Å². The number of para-hydroxylation sites is 1. The summed E-state index contributed by atoms with van der Waals surface area (Å²) in [6.07, 6.45) is 0. The van der Waals surface area contributed by atoms with Gasteiger partial charge in [0.25, 0.3) is 5.91 Å². The summed E-state index contributed by atoms with van der Waals surface area (Å²) in [5.41, 5.74) is 2.39.